The summed E-state index contributed by atoms with van der Waals surface area (Å²) >= 11 is 1.39. The average Bonchev–Trinajstić information content (AvgIpc) is 3.12. The molecular formula is C19H15FN4O4S2. The zero-order valence-electron chi connectivity index (χ0n) is 15.5. The van der Waals surface area contributed by atoms with Crippen molar-refractivity contribution in [2.45, 2.75) is 18.4 Å². The SMILES string of the molecule is Cc1nc(CN(c2ccc(F)cc2)S(=O)(=O)c2ccc3[nH]c(=O)c(=O)[nH]c3c2)cs1. The largest absolute Gasteiger partial charge is 0.316 e. The second-order valence-corrected chi connectivity index (χ2v) is 9.39. The Bertz CT molecular complexity index is 1460. The zero-order chi connectivity index (χ0) is 21.5. The minimum Gasteiger partial charge on any atom is -0.316 e. The van der Waals surface area contributed by atoms with Crippen LogP contribution in [0.25, 0.3) is 11.0 Å². The summed E-state index contributed by atoms with van der Waals surface area (Å²) in [5.74, 6) is -0.493. The van der Waals surface area contributed by atoms with Crippen molar-refractivity contribution in [1.29, 1.82) is 0 Å². The van der Waals surface area contributed by atoms with Crippen LogP contribution in [0.4, 0.5) is 10.1 Å². The van der Waals surface area contributed by atoms with E-state index in [9.17, 15) is 22.4 Å². The molecule has 0 aliphatic rings. The predicted octanol–water partition coefficient (Wildman–Crippen LogP) is 2.52. The molecule has 0 fully saturated rings. The Morgan fingerprint density at radius 2 is 1.70 bits per heavy atom. The van der Waals surface area contributed by atoms with Gasteiger partial charge < -0.3 is 9.97 Å². The number of anilines is 1. The highest BCUT2D eigenvalue weighted by molar-refractivity contribution is 7.92. The Morgan fingerprint density at radius 3 is 2.33 bits per heavy atom. The van der Waals surface area contributed by atoms with Crippen molar-refractivity contribution in [2.75, 3.05) is 4.31 Å². The molecule has 0 saturated heterocycles. The third kappa shape index (κ3) is 3.76. The molecule has 0 aliphatic carbocycles. The highest BCUT2D eigenvalue weighted by atomic mass is 32.2. The summed E-state index contributed by atoms with van der Waals surface area (Å²) in [5.41, 5.74) is -0.442. The van der Waals surface area contributed by atoms with Crippen LogP contribution in [0, 0.1) is 12.7 Å². The number of benzene rings is 2. The number of hydrogen-bond acceptors (Lipinski definition) is 6. The normalized spacial score (nSPS) is 11.7. The lowest BCUT2D eigenvalue weighted by Gasteiger charge is -2.24. The van der Waals surface area contributed by atoms with Gasteiger partial charge in [0.05, 0.1) is 38.9 Å². The second-order valence-electron chi connectivity index (χ2n) is 6.46. The molecule has 2 N–H and O–H groups in total. The number of halogens is 1. The van der Waals surface area contributed by atoms with Gasteiger partial charge in [0, 0.05) is 5.38 Å². The van der Waals surface area contributed by atoms with Crippen LogP contribution >= 0.6 is 11.3 Å². The van der Waals surface area contributed by atoms with E-state index in [1.807, 2.05) is 6.92 Å². The molecule has 4 aromatic rings. The van der Waals surface area contributed by atoms with Crippen LogP contribution in [0.2, 0.25) is 0 Å². The molecule has 0 saturated carbocycles. The van der Waals surface area contributed by atoms with Crippen LogP contribution < -0.4 is 15.4 Å². The van der Waals surface area contributed by atoms with Gasteiger partial charge in [0.15, 0.2) is 0 Å². The van der Waals surface area contributed by atoms with Gasteiger partial charge in [-0.05, 0) is 49.4 Å². The van der Waals surface area contributed by atoms with Gasteiger partial charge in [0.25, 0.3) is 10.0 Å². The minimum absolute atomic E-state index is 0.0571. The molecule has 0 bridgehead atoms. The highest BCUT2D eigenvalue weighted by Crippen LogP contribution is 2.27. The van der Waals surface area contributed by atoms with E-state index in [0.29, 0.717) is 11.2 Å². The molecule has 154 valence electrons. The van der Waals surface area contributed by atoms with E-state index in [1.165, 1.54) is 53.8 Å². The van der Waals surface area contributed by atoms with E-state index >= 15 is 0 Å². The minimum atomic E-state index is -4.11. The van der Waals surface area contributed by atoms with Crippen LogP contribution in [0.15, 0.2) is 62.3 Å². The number of aromatic nitrogens is 3. The van der Waals surface area contributed by atoms with E-state index in [2.05, 4.69) is 15.0 Å². The molecule has 2 heterocycles. The number of aryl methyl sites for hydroxylation is 1. The lowest BCUT2D eigenvalue weighted by molar-refractivity contribution is 0.589. The van der Waals surface area contributed by atoms with Crippen LogP contribution in [0.3, 0.4) is 0 Å². The fourth-order valence-electron chi connectivity index (χ4n) is 2.93. The fourth-order valence-corrected chi connectivity index (χ4v) is 5.00. The van der Waals surface area contributed by atoms with Gasteiger partial charge in [0.1, 0.15) is 5.82 Å². The lowest BCUT2D eigenvalue weighted by Crippen LogP contribution is -2.31. The van der Waals surface area contributed by atoms with Crippen molar-refractivity contribution in [3.63, 3.8) is 0 Å². The molecular weight excluding hydrogens is 431 g/mol. The smallest absolute Gasteiger partial charge is 0.314 e. The first-order valence-corrected chi connectivity index (χ1v) is 11.0. The predicted molar refractivity (Wildman–Crippen MR) is 112 cm³/mol. The molecule has 11 heteroatoms. The maximum absolute atomic E-state index is 13.5. The Balaban J connectivity index is 1.84. The van der Waals surface area contributed by atoms with Crippen LogP contribution in [0.1, 0.15) is 10.7 Å². The summed E-state index contributed by atoms with van der Waals surface area (Å²) in [5, 5.41) is 2.54. The first kappa shape index (κ1) is 20.0. The van der Waals surface area contributed by atoms with Crippen molar-refractivity contribution in [2.24, 2.45) is 0 Å². The quantitative estimate of drug-likeness (QED) is 0.457. The molecule has 0 radical (unpaired) electrons. The number of nitrogens with one attached hydrogen (secondary N) is 2. The maximum atomic E-state index is 13.5. The first-order chi connectivity index (χ1) is 14.2. The first-order valence-electron chi connectivity index (χ1n) is 8.70. The number of hydrogen-bond donors (Lipinski definition) is 2. The Kier molecular flexibility index (Phi) is 5.00. The summed E-state index contributed by atoms with van der Waals surface area (Å²) in [4.78, 5) is 32.1. The summed E-state index contributed by atoms with van der Waals surface area (Å²) in [6.45, 7) is 1.75. The number of sulfonamides is 1. The van der Waals surface area contributed by atoms with E-state index in [4.69, 9.17) is 0 Å². The van der Waals surface area contributed by atoms with Crippen molar-refractivity contribution in [1.82, 2.24) is 15.0 Å². The molecule has 0 spiro atoms. The van der Waals surface area contributed by atoms with E-state index in [0.717, 1.165) is 9.31 Å². The van der Waals surface area contributed by atoms with Gasteiger partial charge >= 0.3 is 11.1 Å². The number of nitrogens with zero attached hydrogens (tertiary/aromatic N) is 2. The Labute approximate surface area is 173 Å². The van der Waals surface area contributed by atoms with E-state index in [1.54, 1.807) is 5.38 Å². The van der Waals surface area contributed by atoms with Gasteiger partial charge in [-0.25, -0.2) is 17.8 Å². The average molecular weight is 446 g/mol. The number of rotatable bonds is 5. The van der Waals surface area contributed by atoms with Crippen molar-refractivity contribution >= 4 is 38.1 Å². The standard InChI is InChI=1S/C19H15FN4O4S2/c1-11-21-13(10-29-11)9-24(14-4-2-12(20)3-5-14)30(27,28)15-6-7-16-17(8-15)23-19(26)18(25)22-16/h2-8,10H,9H2,1H3,(H,22,25)(H,23,26). The van der Waals surface area contributed by atoms with Crippen LogP contribution in [-0.2, 0) is 16.6 Å². The summed E-state index contributed by atoms with van der Waals surface area (Å²) in [7, 11) is -4.11. The number of thiazole rings is 1. The summed E-state index contributed by atoms with van der Waals surface area (Å²) < 4.78 is 41.5. The summed E-state index contributed by atoms with van der Waals surface area (Å²) in [6.07, 6.45) is 0. The van der Waals surface area contributed by atoms with Crippen molar-refractivity contribution in [3.05, 3.63) is 85.1 Å². The molecule has 8 nitrogen and oxygen atoms in total. The van der Waals surface area contributed by atoms with Crippen molar-refractivity contribution in [3.8, 4) is 0 Å². The van der Waals surface area contributed by atoms with Crippen molar-refractivity contribution < 1.29 is 12.8 Å². The lowest BCUT2D eigenvalue weighted by atomic mass is 10.3. The fraction of sp³-hybridized carbons (Fsp3) is 0.105. The zero-order valence-corrected chi connectivity index (χ0v) is 17.2. The van der Waals surface area contributed by atoms with E-state index in [-0.39, 0.29) is 22.6 Å². The van der Waals surface area contributed by atoms with Gasteiger partial charge in [-0.1, -0.05) is 0 Å². The highest BCUT2D eigenvalue weighted by Gasteiger charge is 2.26. The number of fused-ring (bicyclic) bond motifs is 1. The Hall–Kier alpha value is -3.31. The van der Waals surface area contributed by atoms with Crippen LogP contribution in [-0.4, -0.2) is 23.4 Å². The molecule has 0 atom stereocenters. The van der Waals surface area contributed by atoms with Crippen LogP contribution in [0.5, 0.6) is 0 Å². The Morgan fingerprint density at radius 1 is 1.03 bits per heavy atom. The van der Waals surface area contributed by atoms with E-state index < -0.39 is 27.0 Å². The molecule has 2 aromatic heterocycles. The molecule has 2 aromatic carbocycles. The molecule has 0 amide bonds. The van der Waals surface area contributed by atoms with Gasteiger partial charge in [0.2, 0.25) is 0 Å². The van der Waals surface area contributed by atoms with Gasteiger partial charge in [-0.2, -0.15) is 0 Å². The third-order valence-electron chi connectivity index (χ3n) is 4.37. The topological polar surface area (TPSA) is 116 Å². The molecule has 0 aliphatic heterocycles. The number of H-pyrrole nitrogens is 2. The second kappa shape index (κ2) is 7.50. The van der Waals surface area contributed by atoms with Gasteiger partial charge in [-0.3, -0.25) is 13.9 Å². The molecule has 4 rings (SSSR count). The number of aromatic amines is 2. The third-order valence-corrected chi connectivity index (χ3v) is 6.96. The molecule has 0 unspecified atom stereocenters. The molecule has 30 heavy (non-hydrogen) atoms. The summed E-state index contributed by atoms with van der Waals surface area (Å²) in [6, 6.07) is 9.08. The van der Waals surface area contributed by atoms with Gasteiger partial charge in [-0.15, -0.1) is 11.3 Å². The maximum Gasteiger partial charge on any atom is 0.314 e. The monoisotopic (exact) mass is 446 g/mol.